The van der Waals surface area contributed by atoms with Gasteiger partial charge in [-0.3, -0.25) is 0 Å². The molecule has 0 saturated heterocycles. The minimum absolute atomic E-state index is 0.0414. The number of hydrogen-bond donors (Lipinski definition) is 2. The lowest BCUT2D eigenvalue weighted by molar-refractivity contribution is 0.229. The zero-order valence-corrected chi connectivity index (χ0v) is 12.3. The highest BCUT2D eigenvalue weighted by molar-refractivity contribution is 7.09. The maximum absolute atomic E-state index is 8.96. The van der Waals surface area contributed by atoms with Crippen LogP contribution in [0.4, 0.5) is 0 Å². The van der Waals surface area contributed by atoms with Gasteiger partial charge >= 0.3 is 0 Å². The minimum Gasteiger partial charge on any atom is -0.396 e. The van der Waals surface area contributed by atoms with Gasteiger partial charge in [-0.1, -0.05) is 20.8 Å². The van der Waals surface area contributed by atoms with Gasteiger partial charge in [0.2, 0.25) is 0 Å². The first-order valence-electron chi connectivity index (χ1n) is 6.05. The summed E-state index contributed by atoms with van der Waals surface area (Å²) in [5.41, 5.74) is 1.18. The lowest BCUT2D eigenvalue weighted by atomic mass is 9.98. The predicted molar refractivity (Wildman–Crippen MR) is 73.4 cm³/mol. The van der Waals surface area contributed by atoms with Crippen LogP contribution in [0.2, 0.25) is 0 Å². The van der Waals surface area contributed by atoms with E-state index in [1.807, 2.05) is 0 Å². The quantitative estimate of drug-likeness (QED) is 0.851. The molecule has 1 heterocycles. The van der Waals surface area contributed by atoms with E-state index in [0.717, 1.165) is 18.7 Å². The molecular weight excluding hydrogens is 232 g/mol. The number of nitrogens with one attached hydrogen (secondary N) is 1. The molecular formula is C13H24N2OS. The summed E-state index contributed by atoms with van der Waals surface area (Å²) < 4.78 is 0. The summed E-state index contributed by atoms with van der Waals surface area (Å²) in [7, 11) is 0. The van der Waals surface area contributed by atoms with Crippen LogP contribution in [0, 0.1) is 0 Å². The standard InChI is InChI=1S/C13H24N2OS/c1-12(2,3)11-15-10(9-17-11)8-14-13(4,5)6-7-16/h9,14,16H,6-8H2,1-5H3. The van der Waals surface area contributed by atoms with E-state index in [0.29, 0.717) is 0 Å². The Hall–Kier alpha value is -0.450. The number of thiazole rings is 1. The van der Waals surface area contributed by atoms with E-state index in [2.05, 4.69) is 50.3 Å². The van der Waals surface area contributed by atoms with Crippen LogP contribution in [0.15, 0.2) is 5.38 Å². The smallest absolute Gasteiger partial charge is 0.0982 e. The Balaban J connectivity index is 2.56. The average molecular weight is 256 g/mol. The third-order valence-corrected chi connectivity index (χ3v) is 4.00. The molecule has 3 nitrogen and oxygen atoms in total. The van der Waals surface area contributed by atoms with Crippen molar-refractivity contribution in [1.29, 1.82) is 0 Å². The van der Waals surface area contributed by atoms with E-state index in [4.69, 9.17) is 5.11 Å². The van der Waals surface area contributed by atoms with Gasteiger partial charge in [-0.15, -0.1) is 11.3 Å². The van der Waals surface area contributed by atoms with E-state index in [1.54, 1.807) is 11.3 Å². The van der Waals surface area contributed by atoms with Gasteiger partial charge < -0.3 is 10.4 Å². The molecule has 17 heavy (non-hydrogen) atoms. The molecule has 2 N–H and O–H groups in total. The highest BCUT2D eigenvalue weighted by atomic mass is 32.1. The van der Waals surface area contributed by atoms with Gasteiger partial charge in [0.1, 0.15) is 0 Å². The number of nitrogens with zero attached hydrogens (tertiary/aromatic N) is 1. The lowest BCUT2D eigenvalue weighted by Crippen LogP contribution is -2.39. The van der Waals surface area contributed by atoms with Crippen LogP contribution in [-0.2, 0) is 12.0 Å². The molecule has 0 fully saturated rings. The van der Waals surface area contributed by atoms with Crippen LogP contribution in [-0.4, -0.2) is 22.2 Å². The molecule has 0 aliphatic rings. The highest BCUT2D eigenvalue weighted by Gasteiger charge is 2.19. The molecule has 0 bridgehead atoms. The molecule has 0 aliphatic carbocycles. The molecule has 0 aromatic carbocycles. The Morgan fingerprint density at radius 3 is 2.41 bits per heavy atom. The number of aliphatic hydroxyl groups excluding tert-OH is 1. The zero-order valence-electron chi connectivity index (χ0n) is 11.5. The largest absolute Gasteiger partial charge is 0.396 e. The highest BCUT2D eigenvalue weighted by Crippen LogP contribution is 2.25. The van der Waals surface area contributed by atoms with E-state index >= 15 is 0 Å². The molecule has 4 heteroatoms. The molecule has 0 amide bonds. The Kier molecular flexibility index (Phi) is 4.69. The molecule has 0 saturated carbocycles. The lowest BCUT2D eigenvalue weighted by Gasteiger charge is -2.24. The molecule has 0 spiro atoms. The second kappa shape index (κ2) is 5.46. The van der Waals surface area contributed by atoms with Crippen molar-refractivity contribution in [3.8, 4) is 0 Å². The second-order valence-electron chi connectivity index (χ2n) is 6.11. The summed E-state index contributed by atoms with van der Waals surface area (Å²) in [6.07, 6.45) is 0.753. The molecule has 0 aliphatic heterocycles. The molecule has 1 aromatic heterocycles. The van der Waals surface area contributed by atoms with Crippen molar-refractivity contribution in [2.45, 2.75) is 58.5 Å². The molecule has 0 unspecified atom stereocenters. The van der Waals surface area contributed by atoms with Crippen molar-refractivity contribution in [3.63, 3.8) is 0 Å². The maximum Gasteiger partial charge on any atom is 0.0982 e. The summed E-state index contributed by atoms with van der Waals surface area (Å²) >= 11 is 1.72. The average Bonchev–Trinajstić information content (AvgIpc) is 2.62. The van der Waals surface area contributed by atoms with Crippen molar-refractivity contribution in [1.82, 2.24) is 10.3 Å². The van der Waals surface area contributed by atoms with Crippen LogP contribution in [0.25, 0.3) is 0 Å². The van der Waals surface area contributed by atoms with Crippen molar-refractivity contribution >= 4 is 11.3 Å². The van der Waals surface area contributed by atoms with Crippen LogP contribution in [0.3, 0.4) is 0 Å². The monoisotopic (exact) mass is 256 g/mol. The number of hydrogen-bond acceptors (Lipinski definition) is 4. The third-order valence-electron chi connectivity index (χ3n) is 2.68. The summed E-state index contributed by atoms with van der Waals surface area (Å²) in [6, 6.07) is 0. The van der Waals surface area contributed by atoms with Gasteiger partial charge in [0, 0.05) is 29.5 Å². The molecule has 98 valence electrons. The van der Waals surface area contributed by atoms with Gasteiger partial charge in [-0.05, 0) is 20.3 Å². The molecule has 0 atom stereocenters. The van der Waals surface area contributed by atoms with Crippen LogP contribution >= 0.6 is 11.3 Å². The normalized spacial score (nSPS) is 13.1. The van der Waals surface area contributed by atoms with E-state index in [9.17, 15) is 0 Å². The Morgan fingerprint density at radius 1 is 1.29 bits per heavy atom. The molecule has 1 aromatic rings. The van der Waals surface area contributed by atoms with E-state index in [1.165, 1.54) is 5.01 Å². The maximum atomic E-state index is 8.96. The van der Waals surface area contributed by atoms with Crippen LogP contribution in [0.5, 0.6) is 0 Å². The van der Waals surface area contributed by atoms with Crippen LogP contribution in [0.1, 0.15) is 51.7 Å². The SMILES string of the molecule is CC(C)(CCO)NCc1csc(C(C)(C)C)n1. The summed E-state index contributed by atoms with van der Waals surface area (Å²) in [4.78, 5) is 4.64. The summed E-state index contributed by atoms with van der Waals surface area (Å²) in [5, 5.41) is 15.7. The Labute approximate surface area is 108 Å². The van der Waals surface area contributed by atoms with Crippen molar-refractivity contribution < 1.29 is 5.11 Å². The first-order chi connectivity index (χ1) is 7.74. The van der Waals surface area contributed by atoms with E-state index in [-0.39, 0.29) is 17.6 Å². The summed E-state index contributed by atoms with van der Waals surface area (Å²) in [6.45, 7) is 11.7. The number of rotatable bonds is 5. The fourth-order valence-corrected chi connectivity index (χ4v) is 2.34. The van der Waals surface area contributed by atoms with Crippen molar-refractivity contribution in [2.24, 2.45) is 0 Å². The Morgan fingerprint density at radius 2 is 1.94 bits per heavy atom. The van der Waals surface area contributed by atoms with Gasteiger partial charge in [0.25, 0.3) is 0 Å². The first-order valence-corrected chi connectivity index (χ1v) is 6.93. The Bertz CT molecular complexity index is 353. The van der Waals surface area contributed by atoms with E-state index < -0.39 is 0 Å². The van der Waals surface area contributed by atoms with Crippen molar-refractivity contribution in [2.75, 3.05) is 6.61 Å². The minimum atomic E-state index is -0.0414. The van der Waals surface area contributed by atoms with Gasteiger partial charge in [0.05, 0.1) is 10.7 Å². The second-order valence-corrected chi connectivity index (χ2v) is 6.96. The topological polar surface area (TPSA) is 45.1 Å². The van der Waals surface area contributed by atoms with Crippen LogP contribution < -0.4 is 5.32 Å². The zero-order chi connectivity index (χ0) is 13.1. The third kappa shape index (κ3) is 4.74. The fraction of sp³-hybridized carbons (Fsp3) is 0.769. The molecule has 0 radical (unpaired) electrons. The number of aromatic nitrogens is 1. The van der Waals surface area contributed by atoms with Gasteiger partial charge in [-0.2, -0.15) is 0 Å². The predicted octanol–water partition coefficient (Wildman–Crippen LogP) is 2.69. The summed E-state index contributed by atoms with van der Waals surface area (Å²) in [5.74, 6) is 0. The molecule has 1 rings (SSSR count). The number of aliphatic hydroxyl groups is 1. The van der Waals surface area contributed by atoms with Gasteiger partial charge in [0.15, 0.2) is 0 Å². The van der Waals surface area contributed by atoms with Gasteiger partial charge in [-0.25, -0.2) is 4.98 Å². The van der Waals surface area contributed by atoms with Crippen molar-refractivity contribution in [3.05, 3.63) is 16.1 Å². The first kappa shape index (κ1) is 14.6. The fourth-order valence-electron chi connectivity index (χ4n) is 1.43.